The van der Waals surface area contributed by atoms with Crippen LogP contribution >= 0.6 is 0 Å². The minimum Gasteiger partial charge on any atom is -0.497 e. The van der Waals surface area contributed by atoms with Crippen LogP contribution in [0.4, 0.5) is 0 Å². The van der Waals surface area contributed by atoms with E-state index in [4.69, 9.17) is 9.47 Å². The van der Waals surface area contributed by atoms with E-state index in [0.717, 1.165) is 16.5 Å². The number of pyridine rings is 1. The second-order valence-electron chi connectivity index (χ2n) is 4.12. The van der Waals surface area contributed by atoms with Gasteiger partial charge in [0.1, 0.15) is 11.5 Å². The van der Waals surface area contributed by atoms with Gasteiger partial charge in [0.15, 0.2) is 0 Å². The zero-order valence-electron chi connectivity index (χ0n) is 10.5. The minimum atomic E-state index is 0.603. The SMILES string of the molecule is COc1cccc(Oc2nccc3ccccc23)c1. The standard InChI is InChI=1S/C16H13NO2/c1-18-13-6-4-7-14(11-13)19-16-15-8-3-2-5-12(15)9-10-17-16/h2-11H,1H3. The lowest BCUT2D eigenvalue weighted by Gasteiger charge is -2.08. The molecular weight excluding hydrogens is 238 g/mol. The van der Waals surface area contributed by atoms with Crippen LogP contribution in [0.1, 0.15) is 0 Å². The molecule has 94 valence electrons. The molecule has 2 aromatic carbocycles. The van der Waals surface area contributed by atoms with Gasteiger partial charge in [0, 0.05) is 17.6 Å². The second-order valence-corrected chi connectivity index (χ2v) is 4.12. The van der Waals surface area contributed by atoms with Gasteiger partial charge in [0.2, 0.25) is 5.88 Å². The van der Waals surface area contributed by atoms with Crippen LogP contribution in [0.25, 0.3) is 10.8 Å². The second kappa shape index (κ2) is 4.98. The zero-order chi connectivity index (χ0) is 13.1. The molecule has 0 fully saturated rings. The topological polar surface area (TPSA) is 31.4 Å². The molecule has 0 aliphatic rings. The molecule has 1 heterocycles. The number of benzene rings is 2. The van der Waals surface area contributed by atoms with Gasteiger partial charge in [-0.25, -0.2) is 4.98 Å². The maximum Gasteiger partial charge on any atom is 0.227 e. The molecule has 0 saturated carbocycles. The molecule has 19 heavy (non-hydrogen) atoms. The van der Waals surface area contributed by atoms with E-state index in [2.05, 4.69) is 4.98 Å². The van der Waals surface area contributed by atoms with Gasteiger partial charge >= 0.3 is 0 Å². The Morgan fingerprint density at radius 3 is 2.63 bits per heavy atom. The Kier molecular flexibility index (Phi) is 3.02. The van der Waals surface area contributed by atoms with Crippen molar-refractivity contribution >= 4 is 10.8 Å². The molecule has 0 bridgehead atoms. The molecule has 0 aliphatic heterocycles. The van der Waals surface area contributed by atoms with Crippen LogP contribution in [-0.2, 0) is 0 Å². The number of fused-ring (bicyclic) bond motifs is 1. The van der Waals surface area contributed by atoms with Crippen molar-refractivity contribution in [3.63, 3.8) is 0 Å². The summed E-state index contributed by atoms with van der Waals surface area (Å²) in [5.74, 6) is 2.08. The highest BCUT2D eigenvalue weighted by Crippen LogP contribution is 2.29. The highest BCUT2D eigenvalue weighted by molar-refractivity contribution is 5.86. The molecule has 0 radical (unpaired) electrons. The summed E-state index contributed by atoms with van der Waals surface area (Å²) < 4.78 is 11.0. The van der Waals surface area contributed by atoms with Crippen LogP contribution in [0, 0.1) is 0 Å². The summed E-state index contributed by atoms with van der Waals surface area (Å²) in [5.41, 5.74) is 0. The third-order valence-electron chi connectivity index (χ3n) is 2.89. The molecule has 0 amide bonds. The zero-order valence-corrected chi connectivity index (χ0v) is 10.5. The predicted octanol–water partition coefficient (Wildman–Crippen LogP) is 4.04. The van der Waals surface area contributed by atoms with Gasteiger partial charge in [-0.05, 0) is 29.7 Å². The van der Waals surface area contributed by atoms with Crippen molar-refractivity contribution < 1.29 is 9.47 Å². The molecule has 0 saturated heterocycles. The summed E-state index contributed by atoms with van der Waals surface area (Å²) in [6.07, 6.45) is 1.75. The van der Waals surface area contributed by atoms with Gasteiger partial charge in [0.25, 0.3) is 0 Å². The molecule has 0 spiro atoms. The van der Waals surface area contributed by atoms with E-state index < -0.39 is 0 Å². The highest BCUT2D eigenvalue weighted by Gasteiger charge is 2.05. The monoisotopic (exact) mass is 251 g/mol. The minimum absolute atomic E-state index is 0.603. The number of rotatable bonds is 3. The van der Waals surface area contributed by atoms with Crippen LogP contribution in [0.3, 0.4) is 0 Å². The molecule has 1 aromatic heterocycles. The third kappa shape index (κ3) is 2.36. The summed E-state index contributed by atoms with van der Waals surface area (Å²) in [7, 11) is 1.63. The lowest BCUT2D eigenvalue weighted by atomic mass is 10.2. The fourth-order valence-electron chi connectivity index (χ4n) is 1.95. The summed E-state index contributed by atoms with van der Waals surface area (Å²) in [4.78, 5) is 4.29. The molecule has 3 rings (SSSR count). The smallest absolute Gasteiger partial charge is 0.227 e. The molecule has 0 atom stereocenters. The average molecular weight is 251 g/mol. The van der Waals surface area contributed by atoms with Crippen LogP contribution < -0.4 is 9.47 Å². The van der Waals surface area contributed by atoms with Gasteiger partial charge < -0.3 is 9.47 Å². The van der Waals surface area contributed by atoms with Crippen molar-refractivity contribution in [1.29, 1.82) is 0 Å². The maximum atomic E-state index is 5.84. The quantitative estimate of drug-likeness (QED) is 0.704. The van der Waals surface area contributed by atoms with Crippen molar-refractivity contribution in [1.82, 2.24) is 4.98 Å². The molecule has 3 aromatic rings. The number of hydrogen-bond acceptors (Lipinski definition) is 3. The van der Waals surface area contributed by atoms with Crippen molar-refractivity contribution in [2.24, 2.45) is 0 Å². The Balaban J connectivity index is 2.01. The average Bonchev–Trinajstić information content (AvgIpc) is 2.48. The first kappa shape index (κ1) is 11.5. The molecule has 0 unspecified atom stereocenters. The van der Waals surface area contributed by atoms with Crippen molar-refractivity contribution in [3.05, 3.63) is 60.8 Å². The van der Waals surface area contributed by atoms with Crippen LogP contribution in [0.5, 0.6) is 17.4 Å². The summed E-state index contributed by atoms with van der Waals surface area (Å²) in [6.45, 7) is 0. The van der Waals surface area contributed by atoms with E-state index >= 15 is 0 Å². The molecule has 0 N–H and O–H groups in total. The molecule has 0 aliphatic carbocycles. The molecular formula is C16H13NO2. The summed E-state index contributed by atoms with van der Waals surface area (Å²) in [5, 5.41) is 2.10. The number of methoxy groups -OCH3 is 1. The van der Waals surface area contributed by atoms with Gasteiger partial charge in [-0.3, -0.25) is 0 Å². The Morgan fingerprint density at radius 1 is 0.895 bits per heavy atom. The summed E-state index contributed by atoms with van der Waals surface area (Å²) in [6, 6.07) is 17.5. The van der Waals surface area contributed by atoms with E-state index in [-0.39, 0.29) is 0 Å². The van der Waals surface area contributed by atoms with Gasteiger partial charge in [0.05, 0.1) is 7.11 Å². The largest absolute Gasteiger partial charge is 0.497 e. The number of ether oxygens (including phenoxy) is 2. The lowest BCUT2D eigenvalue weighted by molar-refractivity contribution is 0.408. The number of aromatic nitrogens is 1. The Bertz CT molecular complexity index is 704. The first-order chi connectivity index (χ1) is 9.36. The van der Waals surface area contributed by atoms with Gasteiger partial charge in [-0.1, -0.05) is 24.3 Å². The van der Waals surface area contributed by atoms with Crippen LogP contribution in [-0.4, -0.2) is 12.1 Å². The summed E-state index contributed by atoms with van der Waals surface area (Å²) >= 11 is 0. The van der Waals surface area contributed by atoms with E-state index in [1.54, 1.807) is 13.3 Å². The van der Waals surface area contributed by atoms with Crippen molar-refractivity contribution in [3.8, 4) is 17.4 Å². The first-order valence-electron chi connectivity index (χ1n) is 6.02. The van der Waals surface area contributed by atoms with Crippen LogP contribution in [0.15, 0.2) is 60.8 Å². The van der Waals surface area contributed by atoms with E-state index in [9.17, 15) is 0 Å². The Hall–Kier alpha value is -2.55. The van der Waals surface area contributed by atoms with Crippen molar-refractivity contribution in [2.75, 3.05) is 7.11 Å². The number of hydrogen-bond donors (Lipinski definition) is 0. The normalized spacial score (nSPS) is 10.4. The molecule has 3 nitrogen and oxygen atoms in total. The Morgan fingerprint density at radius 2 is 1.74 bits per heavy atom. The van der Waals surface area contributed by atoms with Crippen molar-refractivity contribution in [2.45, 2.75) is 0 Å². The fraction of sp³-hybridized carbons (Fsp3) is 0.0625. The van der Waals surface area contributed by atoms with Gasteiger partial charge in [-0.2, -0.15) is 0 Å². The van der Waals surface area contributed by atoms with E-state index in [1.807, 2.05) is 54.6 Å². The lowest BCUT2D eigenvalue weighted by Crippen LogP contribution is -1.90. The third-order valence-corrected chi connectivity index (χ3v) is 2.89. The van der Waals surface area contributed by atoms with Gasteiger partial charge in [-0.15, -0.1) is 0 Å². The molecule has 3 heteroatoms. The Labute approximate surface area is 111 Å². The highest BCUT2D eigenvalue weighted by atomic mass is 16.5. The first-order valence-corrected chi connectivity index (χ1v) is 6.02. The predicted molar refractivity (Wildman–Crippen MR) is 74.8 cm³/mol. The fourth-order valence-corrected chi connectivity index (χ4v) is 1.95. The van der Waals surface area contributed by atoms with Crippen LogP contribution in [0.2, 0.25) is 0 Å². The van der Waals surface area contributed by atoms with E-state index in [0.29, 0.717) is 11.6 Å². The number of nitrogens with zero attached hydrogens (tertiary/aromatic N) is 1. The van der Waals surface area contributed by atoms with E-state index in [1.165, 1.54) is 0 Å². The maximum absolute atomic E-state index is 5.84.